The molecule has 0 aliphatic heterocycles. The van der Waals surface area contributed by atoms with Crippen LogP contribution in [0.5, 0.6) is 0 Å². The van der Waals surface area contributed by atoms with Gasteiger partial charge in [0, 0.05) is 11.4 Å². The van der Waals surface area contributed by atoms with Crippen LogP contribution in [0.2, 0.25) is 4.34 Å². The van der Waals surface area contributed by atoms with Crippen LogP contribution in [-0.4, -0.2) is 25.0 Å². The number of likely N-dealkylation sites (N-methyl/N-ethyl adjacent to an activating group) is 1. The third-order valence-corrected chi connectivity index (χ3v) is 4.07. The summed E-state index contributed by atoms with van der Waals surface area (Å²) in [6, 6.07) is 4.33. The number of nitrogens with two attached hydrogens (primary N) is 1. The Morgan fingerprint density at radius 3 is 2.56 bits per heavy atom. The SMILES string of the molecule is CC(C)CCN(C)C(CN)c1ccc(Cl)s1. The van der Waals surface area contributed by atoms with Crippen LogP contribution in [-0.2, 0) is 0 Å². The monoisotopic (exact) mass is 260 g/mol. The van der Waals surface area contributed by atoms with Gasteiger partial charge in [-0.3, -0.25) is 4.90 Å². The highest BCUT2D eigenvalue weighted by Crippen LogP contribution is 2.29. The van der Waals surface area contributed by atoms with E-state index in [0.29, 0.717) is 12.6 Å². The van der Waals surface area contributed by atoms with E-state index in [9.17, 15) is 0 Å². The van der Waals surface area contributed by atoms with Crippen molar-refractivity contribution in [3.05, 3.63) is 21.3 Å². The molecular formula is C12H21ClN2S. The second-order valence-corrected chi connectivity index (χ2v) is 6.30. The molecule has 0 aromatic carbocycles. The molecule has 92 valence electrons. The topological polar surface area (TPSA) is 29.3 Å². The molecule has 1 aromatic rings. The van der Waals surface area contributed by atoms with Gasteiger partial charge in [0.25, 0.3) is 0 Å². The molecule has 1 aromatic heterocycles. The van der Waals surface area contributed by atoms with Crippen molar-refractivity contribution in [2.45, 2.75) is 26.3 Å². The Morgan fingerprint density at radius 1 is 1.44 bits per heavy atom. The maximum atomic E-state index is 5.95. The molecule has 0 fully saturated rings. The summed E-state index contributed by atoms with van der Waals surface area (Å²) in [5, 5.41) is 0. The van der Waals surface area contributed by atoms with E-state index in [1.165, 1.54) is 11.3 Å². The highest BCUT2D eigenvalue weighted by molar-refractivity contribution is 7.16. The maximum absolute atomic E-state index is 5.95. The number of hydrogen-bond acceptors (Lipinski definition) is 3. The molecule has 2 N–H and O–H groups in total. The van der Waals surface area contributed by atoms with Gasteiger partial charge in [0.05, 0.1) is 10.4 Å². The summed E-state index contributed by atoms with van der Waals surface area (Å²) in [5.41, 5.74) is 5.84. The molecule has 1 atom stereocenters. The van der Waals surface area contributed by atoms with Gasteiger partial charge >= 0.3 is 0 Å². The van der Waals surface area contributed by atoms with Crippen molar-refractivity contribution in [1.82, 2.24) is 4.90 Å². The summed E-state index contributed by atoms with van der Waals surface area (Å²) in [6.45, 7) is 6.21. The normalized spacial score (nSPS) is 13.7. The van der Waals surface area contributed by atoms with E-state index in [2.05, 4.69) is 31.9 Å². The van der Waals surface area contributed by atoms with Crippen molar-refractivity contribution >= 4 is 22.9 Å². The zero-order valence-electron chi connectivity index (χ0n) is 10.2. The van der Waals surface area contributed by atoms with E-state index < -0.39 is 0 Å². The minimum absolute atomic E-state index is 0.302. The first-order valence-corrected chi connectivity index (χ1v) is 6.89. The van der Waals surface area contributed by atoms with E-state index in [-0.39, 0.29) is 0 Å². The molecule has 0 aliphatic carbocycles. The van der Waals surface area contributed by atoms with Gasteiger partial charge in [-0.2, -0.15) is 0 Å². The quantitative estimate of drug-likeness (QED) is 0.850. The van der Waals surface area contributed by atoms with Gasteiger partial charge in [-0.25, -0.2) is 0 Å². The lowest BCUT2D eigenvalue weighted by molar-refractivity contribution is 0.239. The minimum atomic E-state index is 0.302. The lowest BCUT2D eigenvalue weighted by Crippen LogP contribution is -2.31. The Labute approximate surface area is 107 Å². The second kappa shape index (κ2) is 6.60. The molecule has 0 radical (unpaired) electrons. The summed E-state index contributed by atoms with van der Waals surface area (Å²) < 4.78 is 0.839. The zero-order chi connectivity index (χ0) is 12.1. The number of rotatable bonds is 6. The third-order valence-electron chi connectivity index (χ3n) is 2.74. The zero-order valence-corrected chi connectivity index (χ0v) is 11.8. The number of nitrogens with zero attached hydrogens (tertiary/aromatic N) is 1. The lowest BCUT2D eigenvalue weighted by Gasteiger charge is -2.26. The predicted octanol–water partition coefficient (Wildman–Crippen LogP) is 3.38. The first-order valence-electron chi connectivity index (χ1n) is 5.70. The fourth-order valence-electron chi connectivity index (χ4n) is 1.64. The Hall–Kier alpha value is -0.0900. The Morgan fingerprint density at radius 2 is 2.12 bits per heavy atom. The molecule has 1 heterocycles. The summed E-state index contributed by atoms with van der Waals surface area (Å²) in [4.78, 5) is 3.58. The highest BCUT2D eigenvalue weighted by atomic mass is 35.5. The molecule has 0 saturated heterocycles. The smallest absolute Gasteiger partial charge is 0.0931 e. The van der Waals surface area contributed by atoms with Crippen molar-refractivity contribution in [3.63, 3.8) is 0 Å². The standard InChI is InChI=1S/C12H21ClN2S/c1-9(2)6-7-15(3)10(8-14)11-4-5-12(13)16-11/h4-5,9-10H,6-8,14H2,1-3H3. The average Bonchev–Trinajstić information content (AvgIpc) is 2.63. The first-order chi connectivity index (χ1) is 7.54. The Kier molecular flexibility index (Phi) is 5.76. The van der Waals surface area contributed by atoms with Gasteiger partial charge in [-0.05, 0) is 38.1 Å². The van der Waals surface area contributed by atoms with Gasteiger partial charge < -0.3 is 5.73 Å². The van der Waals surface area contributed by atoms with Gasteiger partial charge in [-0.15, -0.1) is 11.3 Å². The largest absolute Gasteiger partial charge is 0.329 e. The molecule has 2 nitrogen and oxygen atoms in total. The predicted molar refractivity (Wildman–Crippen MR) is 73.2 cm³/mol. The maximum Gasteiger partial charge on any atom is 0.0931 e. The Bertz CT molecular complexity index is 312. The summed E-state index contributed by atoms with van der Waals surface area (Å²) in [7, 11) is 2.13. The fraction of sp³-hybridized carbons (Fsp3) is 0.667. The van der Waals surface area contributed by atoms with Crippen molar-refractivity contribution < 1.29 is 0 Å². The molecule has 0 bridgehead atoms. The Balaban J connectivity index is 2.59. The molecular weight excluding hydrogens is 240 g/mol. The van der Waals surface area contributed by atoms with Crippen LogP contribution >= 0.6 is 22.9 Å². The number of hydrogen-bond donors (Lipinski definition) is 1. The summed E-state index contributed by atoms with van der Waals surface area (Å²) in [5.74, 6) is 0.729. The van der Waals surface area contributed by atoms with Crippen LogP contribution in [0.4, 0.5) is 0 Å². The molecule has 1 rings (SSSR count). The number of halogens is 1. The van der Waals surface area contributed by atoms with Crippen molar-refractivity contribution in [3.8, 4) is 0 Å². The van der Waals surface area contributed by atoms with Crippen molar-refractivity contribution in [1.29, 1.82) is 0 Å². The average molecular weight is 261 g/mol. The van der Waals surface area contributed by atoms with Crippen LogP contribution in [0.25, 0.3) is 0 Å². The van der Waals surface area contributed by atoms with Crippen LogP contribution in [0.15, 0.2) is 12.1 Å². The van der Waals surface area contributed by atoms with E-state index in [4.69, 9.17) is 17.3 Å². The van der Waals surface area contributed by atoms with Gasteiger partial charge in [-0.1, -0.05) is 25.4 Å². The van der Waals surface area contributed by atoms with E-state index in [1.54, 1.807) is 11.3 Å². The fourth-order valence-corrected chi connectivity index (χ4v) is 2.88. The molecule has 0 amide bonds. The summed E-state index contributed by atoms with van der Waals surface area (Å²) >= 11 is 7.58. The van der Waals surface area contributed by atoms with Crippen LogP contribution < -0.4 is 5.73 Å². The molecule has 0 spiro atoms. The van der Waals surface area contributed by atoms with E-state index in [1.807, 2.05) is 6.07 Å². The number of thiophene rings is 1. The van der Waals surface area contributed by atoms with Crippen LogP contribution in [0.3, 0.4) is 0 Å². The van der Waals surface area contributed by atoms with Gasteiger partial charge in [0.1, 0.15) is 0 Å². The molecule has 1 unspecified atom stereocenters. The molecule has 0 aliphatic rings. The minimum Gasteiger partial charge on any atom is -0.329 e. The lowest BCUT2D eigenvalue weighted by atomic mass is 10.1. The van der Waals surface area contributed by atoms with E-state index in [0.717, 1.165) is 16.8 Å². The molecule has 4 heteroatoms. The van der Waals surface area contributed by atoms with E-state index >= 15 is 0 Å². The van der Waals surface area contributed by atoms with Crippen molar-refractivity contribution in [2.24, 2.45) is 11.7 Å². The molecule has 16 heavy (non-hydrogen) atoms. The third kappa shape index (κ3) is 4.06. The van der Waals surface area contributed by atoms with Crippen LogP contribution in [0, 0.1) is 5.92 Å². The van der Waals surface area contributed by atoms with Gasteiger partial charge in [0.15, 0.2) is 0 Å². The van der Waals surface area contributed by atoms with Crippen molar-refractivity contribution in [2.75, 3.05) is 20.1 Å². The molecule has 0 saturated carbocycles. The highest BCUT2D eigenvalue weighted by Gasteiger charge is 2.17. The van der Waals surface area contributed by atoms with Gasteiger partial charge in [0.2, 0.25) is 0 Å². The summed E-state index contributed by atoms with van der Waals surface area (Å²) in [6.07, 6.45) is 1.20. The van der Waals surface area contributed by atoms with Crippen LogP contribution in [0.1, 0.15) is 31.2 Å². The first kappa shape index (κ1) is 14.0. The second-order valence-electron chi connectivity index (χ2n) is 4.56.